The van der Waals surface area contributed by atoms with Crippen molar-refractivity contribution in [2.24, 2.45) is 0 Å². The van der Waals surface area contributed by atoms with Gasteiger partial charge in [-0.05, 0) is 5.57 Å². The molecule has 0 aromatic rings. The average Bonchev–Trinajstić information content (AvgIpc) is 1.55. The van der Waals surface area contributed by atoms with Gasteiger partial charge in [-0.2, -0.15) is 0 Å². The monoisotopic (exact) mass is 149 g/mol. The van der Waals surface area contributed by atoms with Gasteiger partial charge in [0.25, 0.3) is 0 Å². The fraction of sp³-hybridized carbons (Fsp3) is 0.400. The van der Waals surface area contributed by atoms with E-state index in [9.17, 15) is 4.79 Å². The van der Waals surface area contributed by atoms with E-state index in [2.05, 4.69) is 5.32 Å². The molecule has 52 valence electrons. The van der Waals surface area contributed by atoms with Crippen molar-refractivity contribution in [2.75, 3.05) is 13.1 Å². The molecule has 4 heteroatoms. The molecule has 0 radical (unpaired) electrons. The second-order valence-electron chi connectivity index (χ2n) is 1.74. The Morgan fingerprint density at radius 2 is 2.22 bits per heavy atom. The normalized spacial score (nSPS) is 15.3. The predicted octanol–water partition coefficient (Wildman–Crippen LogP) is 0.0224. The Bertz CT molecular complexity index is 138. The van der Waals surface area contributed by atoms with Gasteiger partial charge in [0.05, 0.1) is 0 Å². The Morgan fingerprint density at radius 1 is 1.67 bits per heavy atom. The van der Waals surface area contributed by atoms with Gasteiger partial charge in [0, 0.05) is 19.2 Å². The van der Waals surface area contributed by atoms with Crippen molar-refractivity contribution in [1.82, 2.24) is 5.32 Å². The summed E-state index contributed by atoms with van der Waals surface area (Å²) in [6, 6.07) is 0. The first kappa shape index (κ1) is 8.46. The van der Waals surface area contributed by atoms with Crippen LogP contribution in [-0.4, -0.2) is 24.2 Å². The minimum Gasteiger partial charge on any atom is -0.478 e. The topological polar surface area (TPSA) is 49.3 Å². The highest BCUT2D eigenvalue weighted by molar-refractivity contribution is 5.85. The number of halogens is 1. The summed E-state index contributed by atoms with van der Waals surface area (Å²) in [6.45, 7) is 1.48. The van der Waals surface area contributed by atoms with E-state index in [1.54, 1.807) is 0 Å². The minimum absolute atomic E-state index is 0. The Kier molecular flexibility index (Phi) is 3.27. The van der Waals surface area contributed by atoms with Gasteiger partial charge in [-0.3, -0.25) is 0 Å². The van der Waals surface area contributed by atoms with Crippen LogP contribution in [0.5, 0.6) is 0 Å². The Balaban J connectivity index is 0.000000640. The maximum atomic E-state index is 9.90. The summed E-state index contributed by atoms with van der Waals surface area (Å²) in [7, 11) is 0. The standard InChI is InChI=1S/C5H7NO2.ClH/c7-5(8)1-4-2-6-3-4;/h1,6H,2-3H2,(H,7,8);1H. The molecule has 1 saturated heterocycles. The molecule has 3 nitrogen and oxygen atoms in total. The van der Waals surface area contributed by atoms with Crippen LogP contribution in [0.3, 0.4) is 0 Å². The highest BCUT2D eigenvalue weighted by Gasteiger charge is 2.07. The number of hydrogen-bond acceptors (Lipinski definition) is 2. The van der Waals surface area contributed by atoms with Crippen LogP contribution < -0.4 is 5.32 Å². The first-order chi connectivity index (χ1) is 3.79. The molecule has 0 aromatic carbocycles. The van der Waals surface area contributed by atoms with Crippen LogP contribution in [0.2, 0.25) is 0 Å². The molecule has 1 fully saturated rings. The van der Waals surface area contributed by atoms with Crippen LogP contribution in [-0.2, 0) is 4.79 Å². The van der Waals surface area contributed by atoms with Crippen LogP contribution in [0.25, 0.3) is 0 Å². The summed E-state index contributed by atoms with van der Waals surface area (Å²) in [5.41, 5.74) is 0.970. The SMILES string of the molecule is Cl.O=C(O)C=C1CNC1. The quantitative estimate of drug-likeness (QED) is 0.517. The molecular formula is C5H8ClNO2. The van der Waals surface area contributed by atoms with Crippen molar-refractivity contribution < 1.29 is 9.90 Å². The van der Waals surface area contributed by atoms with Crippen molar-refractivity contribution in [2.45, 2.75) is 0 Å². The number of rotatable bonds is 1. The number of carboxylic acids is 1. The summed E-state index contributed by atoms with van der Waals surface area (Å²) in [6.07, 6.45) is 1.25. The van der Waals surface area contributed by atoms with Gasteiger partial charge < -0.3 is 10.4 Å². The lowest BCUT2D eigenvalue weighted by Crippen LogP contribution is -2.34. The van der Waals surface area contributed by atoms with Crippen LogP contribution in [0.4, 0.5) is 0 Å². The summed E-state index contributed by atoms with van der Waals surface area (Å²) < 4.78 is 0. The lowest BCUT2D eigenvalue weighted by Gasteiger charge is -2.16. The van der Waals surface area contributed by atoms with Crippen LogP contribution in [0.15, 0.2) is 11.6 Å². The average molecular weight is 150 g/mol. The fourth-order valence-electron chi connectivity index (χ4n) is 0.546. The van der Waals surface area contributed by atoms with E-state index >= 15 is 0 Å². The Hall–Kier alpha value is -0.540. The number of carboxylic acid groups (broad SMARTS) is 1. The van der Waals surface area contributed by atoms with E-state index < -0.39 is 5.97 Å². The molecule has 0 aliphatic carbocycles. The lowest BCUT2D eigenvalue weighted by atomic mass is 10.1. The van der Waals surface area contributed by atoms with E-state index in [-0.39, 0.29) is 12.4 Å². The molecular weight excluding hydrogens is 142 g/mol. The molecule has 1 rings (SSSR count). The first-order valence-electron chi connectivity index (χ1n) is 2.42. The molecule has 0 bridgehead atoms. The summed E-state index contributed by atoms with van der Waals surface area (Å²) >= 11 is 0. The van der Waals surface area contributed by atoms with Crippen molar-refractivity contribution in [3.63, 3.8) is 0 Å². The largest absolute Gasteiger partial charge is 0.478 e. The predicted molar refractivity (Wildman–Crippen MR) is 35.8 cm³/mol. The summed E-state index contributed by atoms with van der Waals surface area (Å²) in [5, 5.41) is 11.1. The minimum atomic E-state index is -0.846. The maximum Gasteiger partial charge on any atom is 0.328 e. The van der Waals surface area contributed by atoms with Crippen molar-refractivity contribution in [3.8, 4) is 0 Å². The molecule has 0 spiro atoms. The number of hydrogen-bond donors (Lipinski definition) is 2. The molecule has 1 aliphatic rings. The van der Waals surface area contributed by atoms with Gasteiger partial charge in [0.2, 0.25) is 0 Å². The van der Waals surface area contributed by atoms with Gasteiger partial charge in [0.1, 0.15) is 0 Å². The van der Waals surface area contributed by atoms with Crippen LogP contribution >= 0.6 is 12.4 Å². The van der Waals surface area contributed by atoms with Gasteiger partial charge in [0.15, 0.2) is 0 Å². The zero-order valence-electron chi connectivity index (χ0n) is 4.76. The van der Waals surface area contributed by atoms with E-state index in [1.165, 1.54) is 6.08 Å². The Morgan fingerprint density at radius 3 is 2.33 bits per heavy atom. The van der Waals surface area contributed by atoms with Gasteiger partial charge in [-0.15, -0.1) is 12.4 Å². The molecule has 0 unspecified atom stereocenters. The smallest absolute Gasteiger partial charge is 0.328 e. The first-order valence-corrected chi connectivity index (χ1v) is 2.42. The molecule has 9 heavy (non-hydrogen) atoms. The molecule has 0 atom stereocenters. The van der Waals surface area contributed by atoms with E-state index in [4.69, 9.17) is 5.11 Å². The third-order valence-corrected chi connectivity index (χ3v) is 1.03. The molecule has 0 saturated carbocycles. The zero-order chi connectivity index (χ0) is 5.98. The Labute approximate surface area is 59.2 Å². The second kappa shape index (κ2) is 3.48. The van der Waals surface area contributed by atoms with Crippen LogP contribution in [0.1, 0.15) is 0 Å². The third-order valence-electron chi connectivity index (χ3n) is 1.03. The molecule has 1 heterocycles. The maximum absolute atomic E-state index is 9.90. The molecule has 0 amide bonds. The highest BCUT2D eigenvalue weighted by atomic mass is 35.5. The van der Waals surface area contributed by atoms with E-state index in [0.717, 1.165) is 18.7 Å². The summed E-state index contributed by atoms with van der Waals surface area (Å²) in [4.78, 5) is 9.90. The van der Waals surface area contributed by atoms with Crippen molar-refractivity contribution in [3.05, 3.63) is 11.6 Å². The zero-order valence-corrected chi connectivity index (χ0v) is 5.57. The van der Waals surface area contributed by atoms with Crippen molar-refractivity contribution in [1.29, 1.82) is 0 Å². The molecule has 2 N–H and O–H groups in total. The third kappa shape index (κ3) is 2.49. The molecule has 1 aliphatic heterocycles. The number of nitrogens with one attached hydrogen (secondary N) is 1. The van der Waals surface area contributed by atoms with E-state index in [1.807, 2.05) is 0 Å². The fourth-order valence-corrected chi connectivity index (χ4v) is 0.546. The number of carbonyl (C=O) groups is 1. The highest BCUT2D eigenvalue weighted by Crippen LogP contribution is 1.98. The van der Waals surface area contributed by atoms with Gasteiger partial charge in [-0.1, -0.05) is 0 Å². The van der Waals surface area contributed by atoms with Gasteiger partial charge in [-0.25, -0.2) is 4.79 Å². The lowest BCUT2D eigenvalue weighted by molar-refractivity contribution is -0.131. The van der Waals surface area contributed by atoms with Crippen molar-refractivity contribution >= 4 is 18.4 Å². The summed E-state index contributed by atoms with van der Waals surface area (Å²) in [5.74, 6) is -0.846. The van der Waals surface area contributed by atoms with E-state index in [0.29, 0.717) is 0 Å². The number of aliphatic carboxylic acids is 1. The second-order valence-corrected chi connectivity index (χ2v) is 1.74. The van der Waals surface area contributed by atoms with Gasteiger partial charge >= 0.3 is 5.97 Å². The molecule has 0 aromatic heterocycles. The van der Waals surface area contributed by atoms with Crippen LogP contribution in [0, 0.1) is 0 Å².